The van der Waals surface area contributed by atoms with E-state index in [1.165, 1.54) is 12.1 Å². The number of anilines is 1. The maximum Gasteiger partial charge on any atom is 0.446 e. The number of halogens is 7. The van der Waals surface area contributed by atoms with E-state index in [9.17, 15) is 35.5 Å². The Hall–Kier alpha value is -2.43. The van der Waals surface area contributed by atoms with Crippen LogP contribution in [0.2, 0.25) is 0 Å². The minimum absolute atomic E-state index is 0.0692. The molecular weight excluding hydrogens is 401 g/mol. The van der Waals surface area contributed by atoms with Crippen molar-refractivity contribution in [2.75, 3.05) is 5.32 Å². The number of amides is 2. The number of alkyl halides is 6. The normalized spacial score (nSPS) is 12.0. The van der Waals surface area contributed by atoms with Gasteiger partial charge >= 0.3 is 17.7 Å². The van der Waals surface area contributed by atoms with Gasteiger partial charge in [0.2, 0.25) is 0 Å². The summed E-state index contributed by atoms with van der Waals surface area (Å²) in [6.45, 7) is -0.377. The minimum atomic E-state index is -4.68. The van der Waals surface area contributed by atoms with Gasteiger partial charge in [0.1, 0.15) is 5.82 Å². The zero-order valence-corrected chi connectivity index (χ0v) is 14.0. The first-order chi connectivity index (χ1) is 12.4. The summed E-state index contributed by atoms with van der Waals surface area (Å²) in [4.78, 5) is 11.7. The number of urea groups is 1. The van der Waals surface area contributed by atoms with Crippen molar-refractivity contribution in [1.82, 2.24) is 5.32 Å². The standard InChI is InChI=1S/C16H11F7N2OS/c17-13-7-10(15(18,19)20)2-1-9(13)8-24-14(26)25-11-3-5-12(6-4-11)27-16(21,22)23/h1-7H,8H2,(H2,24,25,26). The molecule has 3 nitrogen and oxygen atoms in total. The van der Waals surface area contributed by atoms with Crippen molar-refractivity contribution < 1.29 is 35.5 Å². The van der Waals surface area contributed by atoms with Crippen molar-refractivity contribution in [1.29, 1.82) is 0 Å². The Kier molecular flexibility index (Phi) is 6.24. The second kappa shape index (κ2) is 8.07. The maximum atomic E-state index is 13.7. The molecule has 2 rings (SSSR count). The Morgan fingerprint density at radius 1 is 0.963 bits per heavy atom. The predicted molar refractivity (Wildman–Crippen MR) is 85.6 cm³/mol. The first-order valence-corrected chi connectivity index (χ1v) is 8.02. The van der Waals surface area contributed by atoms with E-state index in [1.807, 2.05) is 0 Å². The summed E-state index contributed by atoms with van der Waals surface area (Å²) in [6.07, 6.45) is -4.68. The third-order valence-electron chi connectivity index (χ3n) is 3.17. The van der Waals surface area contributed by atoms with E-state index in [-0.39, 0.29) is 34.5 Å². The fraction of sp³-hybridized carbons (Fsp3) is 0.188. The molecule has 0 aromatic heterocycles. The van der Waals surface area contributed by atoms with Gasteiger partial charge < -0.3 is 10.6 Å². The number of nitrogens with one attached hydrogen (secondary N) is 2. The molecule has 0 bridgehead atoms. The van der Waals surface area contributed by atoms with Gasteiger partial charge in [0.15, 0.2) is 0 Å². The van der Waals surface area contributed by atoms with E-state index in [2.05, 4.69) is 10.6 Å². The van der Waals surface area contributed by atoms with Crippen LogP contribution >= 0.6 is 11.8 Å². The molecule has 0 radical (unpaired) electrons. The SMILES string of the molecule is O=C(NCc1ccc(C(F)(F)F)cc1F)Nc1ccc(SC(F)(F)F)cc1. The van der Waals surface area contributed by atoms with Crippen LogP contribution in [0.4, 0.5) is 41.2 Å². The highest BCUT2D eigenvalue weighted by atomic mass is 32.2. The van der Waals surface area contributed by atoms with Crippen molar-refractivity contribution in [2.45, 2.75) is 23.1 Å². The van der Waals surface area contributed by atoms with Crippen LogP contribution in [0.15, 0.2) is 47.4 Å². The zero-order chi connectivity index (χ0) is 20.2. The molecule has 146 valence electrons. The summed E-state index contributed by atoms with van der Waals surface area (Å²) in [5.74, 6) is -1.13. The highest BCUT2D eigenvalue weighted by molar-refractivity contribution is 8.00. The zero-order valence-electron chi connectivity index (χ0n) is 13.2. The van der Waals surface area contributed by atoms with Gasteiger partial charge in [-0.15, -0.1) is 0 Å². The van der Waals surface area contributed by atoms with Crippen molar-refractivity contribution >= 4 is 23.5 Å². The molecule has 27 heavy (non-hydrogen) atoms. The van der Waals surface area contributed by atoms with Crippen molar-refractivity contribution in [2.24, 2.45) is 0 Å². The summed E-state index contributed by atoms with van der Waals surface area (Å²) in [6, 6.07) is 5.92. The number of carbonyl (C=O) groups is 1. The highest BCUT2D eigenvalue weighted by Gasteiger charge is 2.31. The van der Waals surface area contributed by atoms with E-state index in [0.717, 1.165) is 18.2 Å². The van der Waals surface area contributed by atoms with Crippen LogP contribution in [0.1, 0.15) is 11.1 Å². The van der Waals surface area contributed by atoms with Gasteiger partial charge in [0, 0.05) is 22.7 Å². The van der Waals surface area contributed by atoms with Gasteiger partial charge in [-0.3, -0.25) is 0 Å². The van der Waals surface area contributed by atoms with E-state index < -0.39 is 29.1 Å². The molecule has 0 aliphatic rings. The molecule has 0 spiro atoms. The van der Waals surface area contributed by atoms with Crippen LogP contribution in [0, 0.1) is 5.82 Å². The lowest BCUT2D eigenvalue weighted by Gasteiger charge is -2.11. The van der Waals surface area contributed by atoms with Crippen LogP contribution in [-0.4, -0.2) is 11.5 Å². The largest absolute Gasteiger partial charge is 0.446 e. The number of hydrogen-bond acceptors (Lipinski definition) is 2. The number of rotatable bonds is 4. The fourth-order valence-electron chi connectivity index (χ4n) is 1.96. The van der Waals surface area contributed by atoms with E-state index in [0.29, 0.717) is 12.1 Å². The predicted octanol–water partition coefficient (Wildman–Crippen LogP) is 5.78. The molecule has 0 aliphatic heterocycles. The van der Waals surface area contributed by atoms with Gasteiger partial charge in [-0.2, -0.15) is 26.3 Å². The van der Waals surface area contributed by atoms with Gasteiger partial charge in [-0.25, -0.2) is 9.18 Å². The summed E-state index contributed by atoms with van der Waals surface area (Å²) in [5.41, 5.74) is -5.55. The minimum Gasteiger partial charge on any atom is -0.334 e. The monoisotopic (exact) mass is 412 g/mol. The van der Waals surface area contributed by atoms with E-state index in [4.69, 9.17) is 0 Å². The van der Waals surface area contributed by atoms with E-state index >= 15 is 0 Å². The Morgan fingerprint density at radius 2 is 1.59 bits per heavy atom. The quantitative estimate of drug-likeness (QED) is 0.494. The molecule has 0 heterocycles. The Balaban J connectivity index is 1.91. The molecular formula is C16H11F7N2OS. The van der Waals surface area contributed by atoms with Gasteiger partial charge in [0.05, 0.1) is 5.56 Å². The van der Waals surface area contributed by atoms with Crippen LogP contribution in [0.5, 0.6) is 0 Å². The molecule has 0 saturated carbocycles. The molecule has 2 aromatic carbocycles. The molecule has 0 saturated heterocycles. The highest BCUT2D eigenvalue weighted by Crippen LogP contribution is 2.37. The number of benzene rings is 2. The van der Waals surface area contributed by atoms with E-state index in [1.54, 1.807) is 0 Å². The van der Waals surface area contributed by atoms with Crippen LogP contribution in [0.25, 0.3) is 0 Å². The van der Waals surface area contributed by atoms with Crippen LogP contribution < -0.4 is 10.6 Å². The summed E-state index contributed by atoms with van der Waals surface area (Å²) in [7, 11) is 0. The molecule has 11 heteroatoms. The van der Waals surface area contributed by atoms with Crippen LogP contribution in [-0.2, 0) is 12.7 Å². The fourth-order valence-corrected chi connectivity index (χ4v) is 2.50. The lowest BCUT2D eigenvalue weighted by molar-refractivity contribution is -0.137. The summed E-state index contributed by atoms with van der Waals surface area (Å²) in [5, 5.41) is 4.56. The average molecular weight is 412 g/mol. The molecule has 0 unspecified atom stereocenters. The lowest BCUT2D eigenvalue weighted by Crippen LogP contribution is -2.28. The maximum absolute atomic E-state index is 13.7. The third-order valence-corrected chi connectivity index (χ3v) is 3.90. The molecule has 0 atom stereocenters. The lowest BCUT2D eigenvalue weighted by atomic mass is 10.1. The first kappa shape index (κ1) is 20.9. The smallest absolute Gasteiger partial charge is 0.334 e. The van der Waals surface area contributed by atoms with Crippen molar-refractivity contribution in [3.63, 3.8) is 0 Å². The molecule has 0 fully saturated rings. The second-order valence-corrected chi connectivity index (χ2v) is 6.32. The van der Waals surface area contributed by atoms with Gasteiger partial charge in [-0.05, 0) is 48.2 Å². The summed E-state index contributed by atoms with van der Waals surface area (Å²) < 4.78 is 87.7. The molecule has 2 amide bonds. The van der Waals surface area contributed by atoms with Crippen molar-refractivity contribution in [3.05, 3.63) is 59.4 Å². The molecule has 0 aliphatic carbocycles. The first-order valence-electron chi connectivity index (χ1n) is 7.20. The number of hydrogen-bond donors (Lipinski definition) is 2. The second-order valence-electron chi connectivity index (χ2n) is 5.18. The Morgan fingerprint density at radius 3 is 2.11 bits per heavy atom. The number of thioether (sulfide) groups is 1. The van der Waals surface area contributed by atoms with Crippen LogP contribution in [0.3, 0.4) is 0 Å². The van der Waals surface area contributed by atoms with Gasteiger partial charge in [-0.1, -0.05) is 6.07 Å². The third kappa shape index (κ3) is 6.66. The Bertz CT molecular complexity index is 804. The topological polar surface area (TPSA) is 41.1 Å². The molecule has 2 N–H and O–H groups in total. The summed E-state index contributed by atoms with van der Waals surface area (Å²) >= 11 is -0.310. The molecule has 2 aromatic rings. The average Bonchev–Trinajstić information content (AvgIpc) is 2.53. The van der Waals surface area contributed by atoms with Crippen molar-refractivity contribution in [3.8, 4) is 0 Å². The van der Waals surface area contributed by atoms with Gasteiger partial charge in [0.25, 0.3) is 0 Å². The number of carbonyl (C=O) groups excluding carboxylic acids is 1. The Labute approximate surface area is 152 Å².